The number of primary amides is 1. The van der Waals surface area contributed by atoms with Gasteiger partial charge in [-0.05, 0) is 105 Å². The number of unbranched alkanes of at least 4 members (excludes halogenated alkanes) is 1. The van der Waals surface area contributed by atoms with Crippen molar-refractivity contribution in [1.29, 1.82) is 0 Å². The molecule has 0 saturated carbocycles. The quantitative estimate of drug-likeness (QED) is 0.0192. The maximum atomic E-state index is 14.6. The van der Waals surface area contributed by atoms with E-state index in [9.17, 15) is 43.8 Å². The first-order valence-electron chi connectivity index (χ1n) is 23.3. The molecule has 3 aromatic rings. The minimum absolute atomic E-state index is 0.0517. The first kappa shape index (κ1) is 57.4. The van der Waals surface area contributed by atoms with Gasteiger partial charge in [0.05, 0.1) is 0 Å². The monoisotopic (exact) mass is 987 g/mol. The van der Waals surface area contributed by atoms with E-state index in [1.54, 1.807) is 0 Å². The molecule has 0 aliphatic rings. The van der Waals surface area contributed by atoms with Crippen molar-refractivity contribution in [2.24, 2.45) is 44.4 Å². The predicted molar refractivity (Wildman–Crippen MR) is 268 cm³/mol. The van der Waals surface area contributed by atoms with E-state index in [2.05, 4.69) is 41.9 Å². The van der Waals surface area contributed by atoms with Gasteiger partial charge in [0.25, 0.3) is 0 Å². The van der Waals surface area contributed by atoms with Crippen molar-refractivity contribution < 1.29 is 43.8 Å². The molecule has 0 aliphatic carbocycles. The van der Waals surface area contributed by atoms with E-state index < -0.39 is 77.6 Å². The molecule has 0 radical (unpaired) electrons. The predicted octanol–water partition coefficient (Wildman–Crippen LogP) is -1.83. The van der Waals surface area contributed by atoms with Crippen molar-refractivity contribution in [1.82, 2.24) is 31.9 Å². The molecular weight excluding hydrogens is 917 g/mol. The number of aryl methyl sites for hydroxylation is 1. The van der Waals surface area contributed by atoms with Crippen LogP contribution in [0.25, 0.3) is 0 Å². The maximum Gasteiger partial charge on any atom is 0.243 e. The second-order valence-corrected chi connectivity index (χ2v) is 16.9. The highest BCUT2D eigenvalue weighted by Crippen LogP contribution is 2.16. The average molecular weight is 987 g/mol. The summed E-state index contributed by atoms with van der Waals surface area (Å²) in [5.41, 5.74) is 35.1. The molecule has 6 atom stereocenters. The smallest absolute Gasteiger partial charge is 0.243 e. The molecule has 20 N–H and O–H groups in total. The van der Waals surface area contributed by atoms with Crippen LogP contribution < -0.4 is 66.3 Å². The Morgan fingerprint density at radius 3 is 1.25 bits per heavy atom. The van der Waals surface area contributed by atoms with Crippen molar-refractivity contribution in [3.8, 4) is 11.5 Å². The van der Waals surface area contributed by atoms with Crippen molar-refractivity contribution in [2.45, 2.75) is 114 Å². The lowest BCUT2D eigenvalue weighted by Crippen LogP contribution is -2.60. The SMILES string of the molecule is CC(=O)N[C@@H](CCCN=C(N)N)C(=O)N[C@@H](Cc1ccc(O)cc1)C(=O)N[C@@H](Cc1ccc(O)cc1)C(=O)N[C@@H](CCCN=C(N)N)C(=O)N[C@@H](CCc1ccccc1)C(=O)N[C@@H](CCCCN)C(N)=O. The van der Waals surface area contributed by atoms with Crippen molar-refractivity contribution in [3.63, 3.8) is 0 Å². The molecule has 0 bridgehead atoms. The van der Waals surface area contributed by atoms with Crippen LogP contribution in [0.3, 0.4) is 0 Å². The molecule has 0 spiro atoms. The number of rotatable bonds is 31. The van der Waals surface area contributed by atoms with Gasteiger partial charge in [0, 0.05) is 32.9 Å². The van der Waals surface area contributed by atoms with E-state index in [1.807, 2.05) is 30.3 Å². The molecule has 0 unspecified atom stereocenters. The highest BCUT2D eigenvalue weighted by Gasteiger charge is 2.33. The molecule has 23 nitrogen and oxygen atoms in total. The number of nitrogens with one attached hydrogen (secondary N) is 6. The summed E-state index contributed by atoms with van der Waals surface area (Å²) < 4.78 is 0. The number of guanidine groups is 2. The zero-order valence-corrected chi connectivity index (χ0v) is 40.0. The summed E-state index contributed by atoms with van der Waals surface area (Å²) in [4.78, 5) is 104. The average Bonchev–Trinajstić information content (AvgIpc) is 3.32. The lowest BCUT2D eigenvalue weighted by atomic mass is 10.0. The molecule has 3 rings (SSSR count). The third-order valence-corrected chi connectivity index (χ3v) is 11.0. The first-order chi connectivity index (χ1) is 33.8. The second-order valence-electron chi connectivity index (χ2n) is 16.9. The zero-order chi connectivity index (χ0) is 52.3. The highest BCUT2D eigenvalue weighted by atomic mass is 16.3. The van der Waals surface area contributed by atoms with Crippen LogP contribution in [0.5, 0.6) is 11.5 Å². The molecule has 0 saturated heterocycles. The van der Waals surface area contributed by atoms with Crippen molar-refractivity contribution in [3.05, 3.63) is 95.6 Å². The number of phenols is 2. The summed E-state index contributed by atoms with van der Waals surface area (Å²) in [6.45, 7) is 1.80. The first-order valence-corrected chi connectivity index (χ1v) is 23.3. The Morgan fingerprint density at radius 2 is 0.845 bits per heavy atom. The van der Waals surface area contributed by atoms with Gasteiger partial charge in [-0.1, -0.05) is 54.6 Å². The Bertz CT molecular complexity index is 2260. The summed E-state index contributed by atoms with van der Waals surface area (Å²) in [5, 5.41) is 36.1. The normalized spacial score (nSPS) is 13.3. The van der Waals surface area contributed by atoms with Crippen LogP contribution in [0.2, 0.25) is 0 Å². The number of aromatic hydroxyl groups is 2. The van der Waals surface area contributed by atoms with E-state index in [0.717, 1.165) is 5.56 Å². The summed E-state index contributed by atoms with van der Waals surface area (Å²) in [5.74, 6) is -5.67. The summed E-state index contributed by atoms with van der Waals surface area (Å²) in [7, 11) is 0. The van der Waals surface area contributed by atoms with E-state index >= 15 is 0 Å². The van der Waals surface area contributed by atoms with E-state index in [1.165, 1.54) is 55.5 Å². The molecule has 0 aromatic heterocycles. The number of phenolic OH excluding ortho intramolecular Hbond substituents is 2. The molecular formula is C48H70N14O9. The Morgan fingerprint density at radius 1 is 0.465 bits per heavy atom. The molecule has 0 fully saturated rings. The number of nitrogens with zero attached hydrogens (tertiary/aromatic N) is 2. The third-order valence-electron chi connectivity index (χ3n) is 11.0. The fourth-order valence-corrected chi connectivity index (χ4v) is 7.31. The number of aliphatic imine (C=N–C) groups is 2. The topological polar surface area (TPSA) is 413 Å². The number of amides is 7. The van der Waals surface area contributed by atoms with Crippen LogP contribution in [-0.2, 0) is 52.8 Å². The van der Waals surface area contributed by atoms with Gasteiger partial charge < -0.3 is 76.5 Å². The number of carbonyl (C=O) groups is 7. The number of hydrogen-bond donors (Lipinski definition) is 14. The summed E-state index contributed by atoms with van der Waals surface area (Å²) in [6, 6.07) is 13.3. The lowest BCUT2D eigenvalue weighted by Gasteiger charge is -2.28. The molecule has 71 heavy (non-hydrogen) atoms. The van der Waals surface area contributed by atoms with Crippen LogP contribution in [-0.4, -0.2) is 119 Å². The number of benzene rings is 3. The maximum absolute atomic E-state index is 14.6. The van der Waals surface area contributed by atoms with Gasteiger partial charge in [0.15, 0.2) is 11.9 Å². The summed E-state index contributed by atoms with van der Waals surface area (Å²) >= 11 is 0. The number of nitrogens with two attached hydrogens (primary N) is 6. The number of carbonyl (C=O) groups excluding carboxylic acids is 7. The van der Waals surface area contributed by atoms with Crippen LogP contribution in [0.15, 0.2) is 88.8 Å². The van der Waals surface area contributed by atoms with Gasteiger partial charge in [0.2, 0.25) is 41.4 Å². The standard InChI is InChI=1S/C48H70N14O9/c1-29(63)57-36(12-7-25-55-47(51)52)42(67)61-40(28-32-16-21-34(65)22-17-32)46(71)62-39(27-31-14-19-33(64)20-15-31)45(70)59-37(13-8-26-56-48(53)54)43(68)60-38(23-18-30-9-3-2-4-10-30)44(69)58-35(41(50)66)11-5-6-24-49/h2-4,9-10,14-17,19-22,35-40,64-65H,5-8,11-13,18,23-28,49H2,1H3,(H2,50,66)(H,57,63)(H,58,69)(H,59,70)(H,60,68)(H,61,67)(H,62,71)(H4,51,52,55)(H4,53,54,56)/t35-,36-,37-,38-,39-,40-/m0/s1. The Hall–Kier alpha value is -7.95. The van der Waals surface area contributed by atoms with Gasteiger partial charge in [-0.2, -0.15) is 0 Å². The molecule has 23 heteroatoms. The van der Waals surface area contributed by atoms with Crippen LogP contribution in [0.1, 0.15) is 75.0 Å². The lowest BCUT2D eigenvalue weighted by molar-refractivity contribution is -0.135. The molecule has 7 amide bonds. The number of hydrogen-bond acceptors (Lipinski definition) is 12. The van der Waals surface area contributed by atoms with Gasteiger partial charge in [-0.25, -0.2) is 0 Å². The van der Waals surface area contributed by atoms with Crippen LogP contribution >= 0.6 is 0 Å². The van der Waals surface area contributed by atoms with Crippen molar-refractivity contribution in [2.75, 3.05) is 19.6 Å². The fourth-order valence-electron chi connectivity index (χ4n) is 7.31. The van der Waals surface area contributed by atoms with Gasteiger partial charge in [-0.15, -0.1) is 0 Å². The molecule has 0 heterocycles. The van der Waals surface area contributed by atoms with Crippen LogP contribution in [0.4, 0.5) is 0 Å². The van der Waals surface area contributed by atoms with Crippen LogP contribution in [0, 0.1) is 0 Å². The van der Waals surface area contributed by atoms with Gasteiger partial charge >= 0.3 is 0 Å². The molecule has 0 aliphatic heterocycles. The largest absolute Gasteiger partial charge is 0.508 e. The fraction of sp³-hybridized carbons (Fsp3) is 0.438. The Balaban J connectivity index is 2.01. The zero-order valence-electron chi connectivity index (χ0n) is 40.0. The van der Waals surface area contributed by atoms with E-state index in [-0.39, 0.29) is 87.9 Å². The molecule has 3 aromatic carbocycles. The van der Waals surface area contributed by atoms with Crippen molar-refractivity contribution >= 4 is 53.3 Å². The Kier molecular flexibility index (Phi) is 24.7. The minimum Gasteiger partial charge on any atom is -0.508 e. The third kappa shape index (κ3) is 22.4. The Labute approximate surface area is 412 Å². The second kappa shape index (κ2) is 30.5. The van der Waals surface area contributed by atoms with Gasteiger partial charge in [-0.3, -0.25) is 43.5 Å². The summed E-state index contributed by atoms with van der Waals surface area (Å²) in [6.07, 6.45) is 1.86. The molecule has 386 valence electrons. The van der Waals surface area contributed by atoms with Gasteiger partial charge in [0.1, 0.15) is 47.8 Å². The minimum atomic E-state index is -1.44. The highest BCUT2D eigenvalue weighted by molar-refractivity contribution is 5.97. The van der Waals surface area contributed by atoms with E-state index in [4.69, 9.17) is 34.4 Å². The van der Waals surface area contributed by atoms with E-state index in [0.29, 0.717) is 36.9 Å².